The molecule has 4 aromatic rings. The Morgan fingerprint density at radius 1 is 0.900 bits per heavy atom. The maximum atomic E-state index is 5.85. The Morgan fingerprint density at radius 2 is 1.63 bits per heavy atom. The van der Waals surface area contributed by atoms with Crippen LogP contribution in [0.2, 0.25) is 0 Å². The van der Waals surface area contributed by atoms with E-state index in [1.165, 1.54) is 0 Å². The third-order valence-corrected chi connectivity index (χ3v) is 5.46. The first-order valence-electron chi connectivity index (χ1n) is 9.58. The van der Waals surface area contributed by atoms with Crippen molar-refractivity contribution < 1.29 is 9.47 Å². The third kappa shape index (κ3) is 4.46. The van der Waals surface area contributed by atoms with Crippen LogP contribution in [0.1, 0.15) is 5.56 Å². The van der Waals surface area contributed by atoms with Crippen LogP contribution in [0, 0.1) is 6.92 Å². The predicted molar refractivity (Wildman–Crippen MR) is 119 cm³/mol. The number of thioether (sulfide) groups is 1. The van der Waals surface area contributed by atoms with E-state index in [1.54, 1.807) is 31.3 Å². The lowest BCUT2D eigenvalue weighted by Crippen LogP contribution is -2.04. The highest BCUT2D eigenvalue weighted by Crippen LogP contribution is 2.29. The molecule has 0 radical (unpaired) electrons. The Hall–Kier alpha value is -3.32. The summed E-state index contributed by atoms with van der Waals surface area (Å²) in [6, 6.07) is 19.7. The van der Waals surface area contributed by atoms with Gasteiger partial charge in [-0.3, -0.25) is 9.55 Å². The molecular formula is C23H22N4O2S. The summed E-state index contributed by atoms with van der Waals surface area (Å²) in [5.74, 6) is 3.16. The van der Waals surface area contributed by atoms with Crippen LogP contribution in [-0.4, -0.2) is 39.2 Å². The zero-order chi connectivity index (χ0) is 20.8. The van der Waals surface area contributed by atoms with Crippen LogP contribution in [0.25, 0.3) is 17.1 Å². The number of benzene rings is 2. The van der Waals surface area contributed by atoms with Crippen LogP contribution in [-0.2, 0) is 0 Å². The average Bonchev–Trinajstić information content (AvgIpc) is 3.21. The highest BCUT2D eigenvalue weighted by molar-refractivity contribution is 7.99. The van der Waals surface area contributed by atoms with E-state index in [0.717, 1.165) is 45.0 Å². The lowest BCUT2D eigenvalue weighted by atomic mass is 10.2. The van der Waals surface area contributed by atoms with Gasteiger partial charge < -0.3 is 9.47 Å². The molecule has 4 rings (SSSR count). The van der Waals surface area contributed by atoms with Gasteiger partial charge in [0, 0.05) is 23.7 Å². The van der Waals surface area contributed by atoms with Gasteiger partial charge in [-0.25, -0.2) is 0 Å². The Morgan fingerprint density at radius 3 is 2.37 bits per heavy atom. The normalized spacial score (nSPS) is 10.7. The number of para-hydroxylation sites is 1. The highest BCUT2D eigenvalue weighted by Gasteiger charge is 2.17. The summed E-state index contributed by atoms with van der Waals surface area (Å²) in [7, 11) is 1.65. The molecule has 0 aliphatic rings. The van der Waals surface area contributed by atoms with Gasteiger partial charge in [0.25, 0.3) is 0 Å². The van der Waals surface area contributed by atoms with Crippen LogP contribution in [0.4, 0.5) is 0 Å². The molecule has 0 aliphatic carbocycles. The minimum atomic E-state index is 0.558. The van der Waals surface area contributed by atoms with Gasteiger partial charge in [-0.1, -0.05) is 30.0 Å². The maximum Gasteiger partial charge on any atom is 0.196 e. The molecule has 0 N–H and O–H groups in total. The molecule has 0 bridgehead atoms. The van der Waals surface area contributed by atoms with E-state index < -0.39 is 0 Å². The second kappa shape index (κ2) is 9.45. The van der Waals surface area contributed by atoms with Crippen molar-refractivity contribution in [1.29, 1.82) is 0 Å². The summed E-state index contributed by atoms with van der Waals surface area (Å²) in [6.45, 7) is 2.65. The topological polar surface area (TPSA) is 62.1 Å². The molecule has 0 aliphatic heterocycles. The molecule has 7 heteroatoms. The Kier molecular flexibility index (Phi) is 6.29. The summed E-state index contributed by atoms with van der Waals surface area (Å²) in [5, 5.41) is 9.76. The molecule has 0 spiro atoms. The average molecular weight is 419 g/mol. The molecule has 2 aromatic heterocycles. The fraction of sp³-hybridized carbons (Fsp3) is 0.174. The molecule has 0 unspecified atom stereocenters. The first kappa shape index (κ1) is 20.0. The van der Waals surface area contributed by atoms with Crippen molar-refractivity contribution in [2.75, 3.05) is 19.5 Å². The van der Waals surface area contributed by atoms with Gasteiger partial charge in [0.15, 0.2) is 11.0 Å². The molecule has 0 atom stereocenters. The van der Waals surface area contributed by atoms with Crippen molar-refractivity contribution >= 4 is 11.8 Å². The van der Waals surface area contributed by atoms with E-state index >= 15 is 0 Å². The van der Waals surface area contributed by atoms with Crippen molar-refractivity contribution in [3.63, 3.8) is 0 Å². The van der Waals surface area contributed by atoms with Gasteiger partial charge in [0.1, 0.15) is 11.5 Å². The second-order valence-electron chi connectivity index (χ2n) is 6.54. The fourth-order valence-corrected chi connectivity index (χ4v) is 3.81. The van der Waals surface area contributed by atoms with E-state index in [1.807, 2.05) is 48.5 Å². The molecule has 30 heavy (non-hydrogen) atoms. The molecule has 0 amide bonds. The Bertz CT molecular complexity index is 1100. The van der Waals surface area contributed by atoms with Gasteiger partial charge in [-0.15, -0.1) is 10.2 Å². The summed E-state index contributed by atoms with van der Waals surface area (Å²) >= 11 is 1.62. The number of aromatic nitrogens is 4. The third-order valence-electron chi connectivity index (χ3n) is 4.57. The standard InChI is InChI=1S/C23H22N4O2S/c1-17-5-3-4-6-21(17)27-22(18-11-13-24-14-12-18)25-26-23(27)30-16-15-29-20-9-7-19(28-2)8-10-20/h3-14H,15-16H2,1-2H3. The number of methoxy groups -OCH3 is 1. The van der Waals surface area contributed by atoms with E-state index in [4.69, 9.17) is 9.47 Å². The van der Waals surface area contributed by atoms with Crippen LogP contribution in [0.3, 0.4) is 0 Å². The van der Waals surface area contributed by atoms with E-state index in [0.29, 0.717) is 6.61 Å². The molecule has 6 nitrogen and oxygen atoms in total. The van der Waals surface area contributed by atoms with Crippen molar-refractivity contribution in [2.24, 2.45) is 0 Å². The SMILES string of the molecule is COc1ccc(OCCSc2nnc(-c3ccncc3)n2-c2ccccc2C)cc1. The minimum absolute atomic E-state index is 0.558. The molecule has 2 heterocycles. The molecule has 152 valence electrons. The summed E-state index contributed by atoms with van der Waals surface area (Å²) in [5.41, 5.74) is 3.19. The van der Waals surface area contributed by atoms with Gasteiger partial charge in [-0.05, 0) is 55.0 Å². The maximum absolute atomic E-state index is 5.85. The van der Waals surface area contributed by atoms with Crippen molar-refractivity contribution in [3.05, 3.63) is 78.6 Å². The number of aryl methyl sites for hydroxylation is 1. The summed E-state index contributed by atoms with van der Waals surface area (Å²) in [6.07, 6.45) is 3.53. The highest BCUT2D eigenvalue weighted by atomic mass is 32.2. The van der Waals surface area contributed by atoms with Crippen LogP contribution < -0.4 is 9.47 Å². The second-order valence-corrected chi connectivity index (χ2v) is 7.60. The van der Waals surface area contributed by atoms with Crippen LogP contribution in [0.15, 0.2) is 78.2 Å². The van der Waals surface area contributed by atoms with E-state index in [-0.39, 0.29) is 0 Å². The van der Waals surface area contributed by atoms with Crippen LogP contribution in [0.5, 0.6) is 11.5 Å². The fourth-order valence-electron chi connectivity index (χ4n) is 3.05. The number of hydrogen-bond donors (Lipinski definition) is 0. The largest absolute Gasteiger partial charge is 0.497 e. The number of rotatable bonds is 8. The number of pyridine rings is 1. The Balaban J connectivity index is 1.53. The predicted octanol–water partition coefficient (Wildman–Crippen LogP) is 4.82. The molecule has 2 aromatic carbocycles. The zero-order valence-electron chi connectivity index (χ0n) is 16.9. The zero-order valence-corrected chi connectivity index (χ0v) is 17.7. The first-order valence-corrected chi connectivity index (χ1v) is 10.6. The van der Waals surface area contributed by atoms with Crippen LogP contribution >= 0.6 is 11.8 Å². The van der Waals surface area contributed by atoms with Crippen molar-refractivity contribution in [3.8, 4) is 28.6 Å². The number of nitrogens with zero attached hydrogens (tertiary/aromatic N) is 4. The smallest absolute Gasteiger partial charge is 0.196 e. The quantitative estimate of drug-likeness (QED) is 0.302. The minimum Gasteiger partial charge on any atom is -0.497 e. The van der Waals surface area contributed by atoms with Crippen molar-refractivity contribution in [2.45, 2.75) is 12.1 Å². The van der Waals surface area contributed by atoms with Gasteiger partial charge in [-0.2, -0.15) is 0 Å². The van der Waals surface area contributed by atoms with Gasteiger partial charge in [0.05, 0.1) is 19.4 Å². The lowest BCUT2D eigenvalue weighted by Gasteiger charge is -2.13. The van der Waals surface area contributed by atoms with E-state index in [2.05, 4.69) is 38.8 Å². The number of hydrogen-bond acceptors (Lipinski definition) is 6. The van der Waals surface area contributed by atoms with Gasteiger partial charge >= 0.3 is 0 Å². The lowest BCUT2D eigenvalue weighted by molar-refractivity contribution is 0.342. The Labute approximate surface area is 179 Å². The summed E-state index contributed by atoms with van der Waals surface area (Å²) in [4.78, 5) is 4.11. The summed E-state index contributed by atoms with van der Waals surface area (Å²) < 4.78 is 13.1. The van der Waals surface area contributed by atoms with Crippen molar-refractivity contribution in [1.82, 2.24) is 19.7 Å². The van der Waals surface area contributed by atoms with Gasteiger partial charge in [0.2, 0.25) is 0 Å². The first-order chi connectivity index (χ1) is 14.8. The number of ether oxygens (including phenoxy) is 2. The molecule has 0 saturated heterocycles. The molecular weight excluding hydrogens is 396 g/mol. The molecule has 0 saturated carbocycles. The van der Waals surface area contributed by atoms with E-state index in [9.17, 15) is 0 Å². The monoisotopic (exact) mass is 418 g/mol. The molecule has 0 fully saturated rings.